The number of benzene rings is 2. The van der Waals surface area contributed by atoms with E-state index in [0.29, 0.717) is 0 Å². The molecule has 0 aromatic heterocycles. The third-order valence-electron chi connectivity index (χ3n) is 2.89. The van der Waals surface area contributed by atoms with Gasteiger partial charge in [-0.2, -0.15) is 0 Å². The summed E-state index contributed by atoms with van der Waals surface area (Å²) in [6.07, 6.45) is 0. The maximum atomic E-state index is 6.56. The van der Waals surface area contributed by atoms with Gasteiger partial charge in [-0.3, -0.25) is 0 Å². The minimum absolute atomic E-state index is 0.182. The maximum Gasteiger partial charge on any atom is 0.121 e. The van der Waals surface area contributed by atoms with Gasteiger partial charge in [0.1, 0.15) is 5.75 Å². The van der Waals surface area contributed by atoms with Crippen LogP contribution in [-0.2, 0) is 0 Å². The fraction of sp³-hybridized carbons (Fsp3) is 0.200. The molecular weight excluding hydrogens is 391 g/mol. The van der Waals surface area contributed by atoms with Crippen LogP contribution in [0.3, 0.4) is 0 Å². The molecule has 0 bridgehead atoms. The zero-order chi connectivity index (χ0) is 14.0. The molecular formula is C15H13Br2ClO. The number of alkyl halides is 1. The van der Waals surface area contributed by atoms with Crippen molar-refractivity contribution in [3.8, 4) is 5.75 Å². The van der Waals surface area contributed by atoms with Gasteiger partial charge in [-0.1, -0.05) is 44.0 Å². The minimum Gasteiger partial charge on any atom is -0.496 e. The largest absolute Gasteiger partial charge is 0.496 e. The fourth-order valence-corrected chi connectivity index (χ4v) is 3.56. The normalized spacial score (nSPS) is 12.3. The first kappa shape index (κ1) is 14.9. The van der Waals surface area contributed by atoms with E-state index in [9.17, 15) is 0 Å². The Morgan fingerprint density at radius 1 is 1.00 bits per heavy atom. The van der Waals surface area contributed by atoms with E-state index in [4.69, 9.17) is 16.3 Å². The van der Waals surface area contributed by atoms with Crippen LogP contribution in [-0.4, -0.2) is 7.11 Å². The Hall–Kier alpha value is -0.510. The van der Waals surface area contributed by atoms with Crippen molar-refractivity contribution in [2.45, 2.75) is 12.3 Å². The lowest BCUT2D eigenvalue weighted by Crippen LogP contribution is -1.96. The lowest BCUT2D eigenvalue weighted by molar-refractivity contribution is 0.411. The Morgan fingerprint density at radius 2 is 1.63 bits per heavy atom. The molecule has 1 unspecified atom stereocenters. The van der Waals surface area contributed by atoms with Crippen molar-refractivity contribution in [3.05, 3.63) is 62.0 Å². The lowest BCUT2D eigenvalue weighted by atomic mass is 10.0. The monoisotopic (exact) mass is 402 g/mol. The van der Waals surface area contributed by atoms with Gasteiger partial charge in [-0.05, 0) is 47.9 Å². The van der Waals surface area contributed by atoms with Gasteiger partial charge < -0.3 is 4.74 Å². The number of halogens is 3. The van der Waals surface area contributed by atoms with E-state index in [-0.39, 0.29) is 5.38 Å². The van der Waals surface area contributed by atoms with Crippen LogP contribution in [0.25, 0.3) is 0 Å². The number of hydrogen-bond donors (Lipinski definition) is 0. The van der Waals surface area contributed by atoms with Crippen LogP contribution in [0.1, 0.15) is 22.1 Å². The molecule has 100 valence electrons. The highest BCUT2D eigenvalue weighted by Crippen LogP contribution is 2.34. The van der Waals surface area contributed by atoms with Crippen LogP contribution in [0.4, 0.5) is 0 Å². The highest BCUT2D eigenvalue weighted by atomic mass is 79.9. The number of hydrogen-bond acceptors (Lipinski definition) is 1. The summed E-state index contributed by atoms with van der Waals surface area (Å²) in [5.41, 5.74) is 3.19. The molecule has 0 aliphatic carbocycles. The average molecular weight is 405 g/mol. The zero-order valence-corrected chi connectivity index (χ0v) is 14.5. The van der Waals surface area contributed by atoms with Crippen molar-refractivity contribution in [1.29, 1.82) is 0 Å². The van der Waals surface area contributed by atoms with Crippen molar-refractivity contribution in [1.82, 2.24) is 0 Å². The Bertz CT molecular complexity index is 578. The van der Waals surface area contributed by atoms with E-state index in [1.54, 1.807) is 7.11 Å². The van der Waals surface area contributed by atoms with Crippen LogP contribution >= 0.6 is 43.5 Å². The molecule has 0 saturated carbocycles. The predicted molar refractivity (Wildman–Crippen MR) is 87.3 cm³/mol. The Labute approximate surface area is 135 Å². The quantitative estimate of drug-likeness (QED) is 0.583. The Morgan fingerprint density at radius 3 is 2.16 bits per heavy atom. The summed E-state index contributed by atoms with van der Waals surface area (Å²) < 4.78 is 7.28. The van der Waals surface area contributed by atoms with Crippen molar-refractivity contribution < 1.29 is 4.74 Å². The number of methoxy groups -OCH3 is 1. The molecule has 2 rings (SSSR count). The first-order valence-electron chi connectivity index (χ1n) is 5.76. The highest BCUT2D eigenvalue weighted by molar-refractivity contribution is 9.11. The molecule has 0 amide bonds. The Kier molecular flexibility index (Phi) is 4.93. The third-order valence-corrected chi connectivity index (χ3v) is 4.31. The average Bonchev–Trinajstić information content (AvgIpc) is 2.36. The standard InChI is InChI=1S/C15H13Br2ClO/c1-9-5-10(3-4-14(9)19-2)15(18)11-6-12(16)8-13(17)7-11/h3-8,15H,1-2H3. The topological polar surface area (TPSA) is 9.23 Å². The first-order chi connectivity index (χ1) is 9.01. The number of ether oxygens (including phenoxy) is 1. The summed E-state index contributed by atoms with van der Waals surface area (Å²) in [5, 5.41) is -0.182. The summed E-state index contributed by atoms with van der Waals surface area (Å²) in [6, 6.07) is 12.1. The molecule has 0 saturated heterocycles. The molecule has 0 radical (unpaired) electrons. The molecule has 19 heavy (non-hydrogen) atoms. The molecule has 0 fully saturated rings. The zero-order valence-electron chi connectivity index (χ0n) is 10.6. The summed E-state index contributed by atoms with van der Waals surface area (Å²) >= 11 is 13.5. The van der Waals surface area contributed by atoms with E-state index in [0.717, 1.165) is 31.4 Å². The summed E-state index contributed by atoms with van der Waals surface area (Å²) in [4.78, 5) is 0. The van der Waals surface area contributed by atoms with E-state index < -0.39 is 0 Å². The second kappa shape index (κ2) is 6.29. The van der Waals surface area contributed by atoms with Crippen molar-refractivity contribution in [2.24, 2.45) is 0 Å². The van der Waals surface area contributed by atoms with Crippen LogP contribution in [0.5, 0.6) is 5.75 Å². The van der Waals surface area contributed by atoms with Gasteiger partial charge in [0.05, 0.1) is 12.5 Å². The van der Waals surface area contributed by atoms with Crippen LogP contribution in [0.2, 0.25) is 0 Å². The second-order valence-corrected chi connectivity index (χ2v) is 6.56. The fourth-order valence-electron chi connectivity index (χ4n) is 1.97. The first-order valence-corrected chi connectivity index (χ1v) is 7.78. The molecule has 1 atom stereocenters. The molecule has 0 aliphatic rings. The predicted octanol–water partition coefficient (Wildman–Crippen LogP) is 5.86. The van der Waals surface area contributed by atoms with Crippen molar-refractivity contribution in [3.63, 3.8) is 0 Å². The van der Waals surface area contributed by atoms with Crippen LogP contribution in [0, 0.1) is 6.92 Å². The molecule has 0 aliphatic heterocycles. The number of rotatable bonds is 3. The van der Waals surface area contributed by atoms with Crippen molar-refractivity contribution in [2.75, 3.05) is 7.11 Å². The molecule has 4 heteroatoms. The van der Waals surface area contributed by atoms with E-state index >= 15 is 0 Å². The smallest absolute Gasteiger partial charge is 0.121 e. The molecule has 0 heterocycles. The van der Waals surface area contributed by atoms with Crippen molar-refractivity contribution >= 4 is 43.5 Å². The van der Waals surface area contributed by atoms with Gasteiger partial charge in [-0.15, -0.1) is 11.6 Å². The van der Waals surface area contributed by atoms with Crippen LogP contribution < -0.4 is 4.74 Å². The van der Waals surface area contributed by atoms with E-state index in [2.05, 4.69) is 37.9 Å². The molecule has 1 nitrogen and oxygen atoms in total. The summed E-state index contributed by atoms with van der Waals surface area (Å²) in [6.45, 7) is 2.02. The van der Waals surface area contributed by atoms with Gasteiger partial charge in [0, 0.05) is 8.95 Å². The van der Waals surface area contributed by atoms with Gasteiger partial charge in [0.25, 0.3) is 0 Å². The maximum absolute atomic E-state index is 6.56. The molecule has 0 spiro atoms. The summed E-state index contributed by atoms with van der Waals surface area (Å²) in [7, 11) is 1.67. The Balaban J connectivity index is 2.38. The van der Waals surface area contributed by atoms with E-state index in [1.165, 1.54) is 0 Å². The molecule has 0 N–H and O–H groups in total. The second-order valence-electron chi connectivity index (χ2n) is 4.29. The van der Waals surface area contributed by atoms with Gasteiger partial charge in [-0.25, -0.2) is 0 Å². The van der Waals surface area contributed by atoms with E-state index in [1.807, 2.05) is 37.3 Å². The van der Waals surface area contributed by atoms with Gasteiger partial charge in [0.15, 0.2) is 0 Å². The number of aryl methyl sites for hydroxylation is 1. The highest BCUT2D eigenvalue weighted by Gasteiger charge is 2.13. The van der Waals surface area contributed by atoms with Crippen LogP contribution in [0.15, 0.2) is 45.3 Å². The molecule has 2 aromatic carbocycles. The third kappa shape index (κ3) is 3.53. The molecule has 2 aromatic rings. The SMILES string of the molecule is COc1ccc(C(Cl)c2cc(Br)cc(Br)c2)cc1C. The van der Waals surface area contributed by atoms with Gasteiger partial charge in [0.2, 0.25) is 0 Å². The minimum atomic E-state index is -0.182. The summed E-state index contributed by atoms with van der Waals surface area (Å²) in [5.74, 6) is 0.878. The van der Waals surface area contributed by atoms with Gasteiger partial charge >= 0.3 is 0 Å². The lowest BCUT2D eigenvalue weighted by Gasteiger charge is -2.14.